The second kappa shape index (κ2) is 5.65. The number of halogens is 1. The van der Waals surface area contributed by atoms with E-state index in [2.05, 4.69) is 59.3 Å². The zero-order valence-electron chi connectivity index (χ0n) is 10.1. The number of fused-ring (bicyclic) bond motifs is 1. The highest BCUT2D eigenvalue weighted by atomic mass is 79.9. The van der Waals surface area contributed by atoms with Crippen molar-refractivity contribution in [3.05, 3.63) is 46.4 Å². The molecular formula is C15H18BrN. The second-order valence-electron chi connectivity index (χ2n) is 4.50. The van der Waals surface area contributed by atoms with Crippen LogP contribution in [-0.2, 0) is 0 Å². The molecule has 17 heavy (non-hydrogen) atoms. The van der Waals surface area contributed by atoms with Gasteiger partial charge in [-0.3, -0.25) is 0 Å². The topological polar surface area (TPSA) is 26.0 Å². The van der Waals surface area contributed by atoms with Gasteiger partial charge in [-0.1, -0.05) is 53.9 Å². The molecule has 1 unspecified atom stereocenters. The zero-order valence-corrected chi connectivity index (χ0v) is 11.7. The number of nitrogens with two attached hydrogens (primary N) is 1. The van der Waals surface area contributed by atoms with Gasteiger partial charge in [-0.15, -0.1) is 0 Å². The molecule has 0 spiro atoms. The maximum atomic E-state index is 6.19. The lowest BCUT2D eigenvalue weighted by atomic mass is 9.99. The van der Waals surface area contributed by atoms with Gasteiger partial charge >= 0.3 is 0 Å². The number of unbranched alkanes of at least 4 members (excludes halogenated alkanes) is 1. The third kappa shape index (κ3) is 3.08. The molecule has 2 aromatic rings. The van der Waals surface area contributed by atoms with Gasteiger partial charge in [0, 0.05) is 10.5 Å². The molecule has 0 aliphatic rings. The molecule has 0 fully saturated rings. The van der Waals surface area contributed by atoms with Crippen molar-refractivity contribution in [2.24, 2.45) is 5.73 Å². The van der Waals surface area contributed by atoms with E-state index in [-0.39, 0.29) is 6.04 Å². The summed E-state index contributed by atoms with van der Waals surface area (Å²) in [6, 6.07) is 13.0. The molecule has 0 saturated carbocycles. The van der Waals surface area contributed by atoms with Crippen molar-refractivity contribution in [3.8, 4) is 0 Å². The first-order chi connectivity index (χ1) is 8.20. The van der Waals surface area contributed by atoms with Crippen LogP contribution in [0.3, 0.4) is 0 Å². The summed E-state index contributed by atoms with van der Waals surface area (Å²) in [5.41, 5.74) is 7.44. The van der Waals surface area contributed by atoms with Gasteiger partial charge in [0.1, 0.15) is 0 Å². The molecule has 0 heterocycles. The average Bonchev–Trinajstić information content (AvgIpc) is 2.35. The monoisotopic (exact) mass is 291 g/mol. The van der Waals surface area contributed by atoms with Crippen LogP contribution in [0.25, 0.3) is 10.8 Å². The van der Waals surface area contributed by atoms with E-state index >= 15 is 0 Å². The summed E-state index contributed by atoms with van der Waals surface area (Å²) in [7, 11) is 0. The summed E-state index contributed by atoms with van der Waals surface area (Å²) in [5, 5.41) is 2.52. The highest BCUT2D eigenvalue weighted by molar-refractivity contribution is 9.10. The Labute approximate surface area is 111 Å². The summed E-state index contributed by atoms with van der Waals surface area (Å²) in [5.74, 6) is 0. The van der Waals surface area contributed by atoms with Crippen molar-refractivity contribution >= 4 is 26.7 Å². The lowest BCUT2D eigenvalue weighted by Gasteiger charge is -2.12. The number of benzene rings is 2. The fraction of sp³-hybridized carbons (Fsp3) is 0.333. The van der Waals surface area contributed by atoms with E-state index in [1.807, 2.05) is 0 Å². The molecule has 0 radical (unpaired) electrons. The Morgan fingerprint density at radius 2 is 1.82 bits per heavy atom. The van der Waals surface area contributed by atoms with E-state index in [4.69, 9.17) is 5.73 Å². The summed E-state index contributed by atoms with van der Waals surface area (Å²) in [6.07, 6.45) is 3.46. The Bertz CT molecular complexity index is 507. The van der Waals surface area contributed by atoms with E-state index < -0.39 is 0 Å². The third-order valence-electron chi connectivity index (χ3n) is 3.12. The smallest absolute Gasteiger partial charge is 0.0295 e. The Kier molecular flexibility index (Phi) is 4.19. The fourth-order valence-electron chi connectivity index (χ4n) is 2.06. The summed E-state index contributed by atoms with van der Waals surface area (Å²) in [4.78, 5) is 0. The van der Waals surface area contributed by atoms with Gasteiger partial charge < -0.3 is 5.73 Å². The molecular weight excluding hydrogens is 274 g/mol. The zero-order chi connectivity index (χ0) is 12.3. The molecule has 90 valence electrons. The maximum absolute atomic E-state index is 6.19. The van der Waals surface area contributed by atoms with Gasteiger partial charge in [0.2, 0.25) is 0 Å². The van der Waals surface area contributed by atoms with Gasteiger partial charge in [0.15, 0.2) is 0 Å². The van der Waals surface area contributed by atoms with E-state index in [0.29, 0.717) is 0 Å². The van der Waals surface area contributed by atoms with E-state index in [0.717, 1.165) is 10.9 Å². The largest absolute Gasteiger partial charge is 0.324 e. The highest BCUT2D eigenvalue weighted by Gasteiger charge is 2.06. The Balaban J connectivity index is 2.28. The molecule has 2 N–H and O–H groups in total. The van der Waals surface area contributed by atoms with Crippen LogP contribution >= 0.6 is 15.9 Å². The van der Waals surface area contributed by atoms with Gasteiger partial charge in [0.05, 0.1) is 0 Å². The van der Waals surface area contributed by atoms with Crippen molar-refractivity contribution in [1.29, 1.82) is 0 Å². The average molecular weight is 292 g/mol. The van der Waals surface area contributed by atoms with Crippen molar-refractivity contribution in [1.82, 2.24) is 0 Å². The van der Waals surface area contributed by atoms with E-state index in [9.17, 15) is 0 Å². The predicted octanol–water partition coefficient (Wildman–Crippen LogP) is 4.79. The molecule has 0 bridgehead atoms. The van der Waals surface area contributed by atoms with Crippen LogP contribution in [0.4, 0.5) is 0 Å². The van der Waals surface area contributed by atoms with Gasteiger partial charge in [-0.05, 0) is 41.0 Å². The van der Waals surface area contributed by atoms with Crippen molar-refractivity contribution < 1.29 is 0 Å². The Morgan fingerprint density at radius 1 is 1.12 bits per heavy atom. The Morgan fingerprint density at radius 3 is 2.59 bits per heavy atom. The van der Waals surface area contributed by atoms with Crippen molar-refractivity contribution in [2.75, 3.05) is 0 Å². The Hall–Kier alpha value is -0.860. The predicted molar refractivity (Wildman–Crippen MR) is 78.1 cm³/mol. The molecule has 0 aromatic heterocycles. The SMILES string of the molecule is CCCCC(N)c1ccc2cc(Br)ccc2c1. The highest BCUT2D eigenvalue weighted by Crippen LogP contribution is 2.24. The summed E-state index contributed by atoms with van der Waals surface area (Å²) >= 11 is 3.49. The minimum Gasteiger partial charge on any atom is -0.324 e. The first-order valence-electron chi connectivity index (χ1n) is 6.15. The third-order valence-corrected chi connectivity index (χ3v) is 3.62. The lowest BCUT2D eigenvalue weighted by molar-refractivity contribution is 0.604. The van der Waals surface area contributed by atoms with E-state index in [1.165, 1.54) is 29.2 Å². The van der Waals surface area contributed by atoms with Crippen LogP contribution in [-0.4, -0.2) is 0 Å². The molecule has 1 atom stereocenters. The molecule has 0 aliphatic carbocycles. The minimum atomic E-state index is 0.169. The van der Waals surface area contributed by atoms with Crippen LogP contribution in [0.5, 0.6) is 0 Å². The van der Waals surface area contributed by atoms with Gasteiger partial charge in [-0.25, -0.2) is 0 Å². The second-order valence-corrected chi connectivity index (χ2v) is 5.42. The van der Waals surface area contributed by atoms with Gasteiger partial charge in [-0.2, -0.15) is 0 Å². The maximum Gasteiger partial charge on any atom is 0.0295 e. The molecule has 0 saturated heterocycles. The fourth-order valence-corrected chi connectivity index (χ4v) is 2.44. The summed E-state index contributed by atoms with van der Waals surface area (Å²) in [6.45, 7) is 2.20. The molecule has 2 aromatic carbocycles. The minimum absolute atomic E-state index is 0.169. The molecule has 0 amide bonds. The number of rotatable bonds is 4. The van der Waals surface area contributed by atoms with E-state index in [1.54, 1.807) is 0 Å². The number of hydrogen-bond acceptors (Lipinski definition) is 1. The summed E-state index contributed by atoms with van der Waals surface area (Å²) < 4.78 is 1.12. The van der Waals surface area contributed by atoms with Crippen LogP contribution in [0.15, 0.2) is 40.9 Å². The van der Waals surface area contributed by atoms with Crippen LogP contribution in [0.1, 0.15) is 37.8 Å². The van der Waals surface area contributed by atoms with Gasteiger partial charge in [0.25, 0.3) is 0 Å². The first-order valence-corrected chi connectivity index (χ1v) is 6.95. The molecule has 2 rings (SSSR count). The molecule has 1 nitrogen and oxygen atoms in total. The quantitative estimate of drug-likeness (QED) is 0.861. The molecule has 0 aliphatic heterocycles. The standard InChI is InChI=1S/C15H18BrN/c1-2-3-4-15(17)13-6-5-12-10-14(16)8-7-11(12)9-13/h5-10,15H,2-4,17H2,1H3. The molecule has 2 heteroatoms. The van der Waals surface area contributed by atoms with Crippen LogP contribution < -0.4 is 5.73 Å². The van der Waals surface area contributed by atoms with Crippen molar-refractivity contribution in [3.63, 3.8) is 0 Å². The first kappa shape index (κ1) is 12.6. The van der Waals surface area contributed by atoms with Crippen LogP contribution in [0, 0.1) is 0 Å². The van der Waals surface area contributed by atoms with Crippen LogP contribution in [0.2, 0.25) is 0 Å². The normalized spacial score (nSPS) is 12.9. The lowest BCUT2D eigenvalue weighted by Crippen LogP contribution is -2.09. The number of hydrogen-bond donors (Lipinski definition) is 1. The van der Waals surface area contributed by atoms with Crippen molar-refractivity contribution in [2.45, 2.75) is 32.2 Å².